The number of anilines is 1. The van der Waals surface area contributed by atoms with Crippen LogP contribution in [0.4, 0.5) is 5.69 Å². The quantitative estimate of drug-likeness (QED) is 0.893. The van der Waals surface area contributed by atoms with Crippen molar-refractivity contribution < 1.29 is 4.42 Å². The number of fused-ring (bicyclic) bond motifs is 2. The van der Waals surface area contributed by atoms with Gasteiger partial charge in [0.2, 0.25) is 0 Å². The number of nitrogens with one attached hydrogen (secondary N) is 1. The Hall–Kier alpha value is -1.51. The number of oxazole rings is 1. The Balaban J connectivity index is 1.60. The van der Waals surface area contributed by atoms with Crippen molar-refractivity contribution in [2.45, 2.75) is 38.6 Å². The fourth-order valence-electron chi connectivity index (χ4n) is 3.31. The zero-order chi connectivity index (χ0) is 12.1. The van der Waals surface area contributed by atoms with Gasteiger partial charge in [0.15, 0.2) is 11.5 Å². The number of benzene rings is 1. The molecule has 2 aliphatic carbocycles. The highest BCUT2D eigenvalue weighted by Crippen LogP contribution is 2.52. The number of hydrogen-bond donors (Lipinski definition) is 1. The van der Waals surface area contributed by atoms with Gasteiger partial charge in [-0.05, 0) is 49.3 Å². The van der Waals surface area contributed by atoms with Gasteiger partial charge >= 0.3 is 0 Å². The van der Waals surface area contributed by atoms with Gasteiger partial charge < -0.3 is 9.73 Å². The first-order valence-corrected chi connectivity index (χ1v) is 6.99. The van der Waals surface area contributed by atoms with Crippen LogP contribution in [0.15, 0.2) is 22.6 Å². The van der Waals surface area contributed by atoms with Crippen molar-refractivity contribution in [2.24, 2.45) is 11.8 Å². The van der Waals surface area contributed by atoms with Crippen LogP contribution in [0.25, 0.3) is 11.1 Å². The SMILES string of the molecule is CCc1nc2cc(NC3CCC4CC43)ccc2o1. The van der Waals surface area contributed by atoms with Crippen molar-refractivity contribution in [3.63, 3.8) is 0 Å². The molecule has 0 saturated heterocycles. The average molecular weight is 242 g/mol. The molecule has 2 aromatic rings. The minimum absolute atomic E-state index is 0.685. The van der Waals surface area contributed by atoms with Gasteiger partial charge in [0.25, 0.3) is 0 Å². The second-order valence-corrected chi connectivity index (χ2v) is 5.63. The lowest BCUT2D eigenvalue weighted by atomic mass is 10.1. The molecule has 3 atom stereocenters. The van der Waals surface area contributed by atoms with E-state index >= 15 is 0 Å². The van der Waals surface area contributed by atoms with Gasteiger partial charge in [-0.3, -0.25) is 0 Å². The molecule has 0 bridgehead atoms. The molecule has 3 heteroatoms. The summed E-state index contributed by atoms with van der Waals surface area (Å²) in [5.74, 6) is 2.78. The summed E-state index contributed by atoms with van der Waals surface area (Å²) in [6.45, 7) is 2.07. The van der Waals surface area contributed by atoms with Gasteiger partial charge in [0.05, 0.1) is 0 Å². The molecule has 0 spiro atoms. The predicted octanol–water partition coefficient (Wildman–Crippen LogP) is 3.60. The van der Waals surface area contributed by atoms with Crippen LogP contribution in [0.2, 0.25) is 0 Å². The van der Waals surface area contributed by atoms with Crippen molar-refractivity contribution >= 4 is 16.8 Å². The largest absolute Gasteiger partial charge is 0.441 e. The Morgan fingerprint density at radius 2 is 2.33 bits per heavy atom. The van der Waals surface area contributed by atoms with Gasteiger partial charge in [-0.2, -0.15) is 0 Å². The molecule has 4 rings (SSSR count). The number of nitrogens with zero attached hydrogens (tertiary/aromatic N) is 1. The molecule has 18 heavy (non-hydrogen) atoms. The van der Waals surface area contributed by atoms with Crippen molar-refractivity contribution in [2.75, 3.05) is 5.32 Å². The van der Waals surface area contributed by atoms with E-state index in [-0.39, 0.29) is 0 Å². The van der Waals surface area contributed by atoms with E-state index < -0.39 is 0 Å². The Labute approximate surface area is 107 Å². The van der Waals surface area contributed by atoms with Crippen LogP contribution < -0.4 is 5.32 Å². The summed E-state index contributed by atoms with van der Waals surface area (Å²) in [7, 11) is 0. The summed E-state index contributed by atoms with van der Waals surface area (Å²) in [6, 6.07) is 6.95. The first-order chi connectivity index (χ1) is 8.83. The first-order valence-electron chi connectivity index (χ1n) is 6.99. The molecule has 3 nitrogen and oxygen atoms in total. The third kappa shape index (κ3) is 1.61. The predicted molar refractivity (Wildman–Crippen MR) is 71.6 cm³/mol. The molecule has 1 aromatic carbocycles. The van der Waals surface area contributed by atoms with Gasteiger partial charge in [-0.15, -0.1) is 0 Å². The zero-order valence-corrected chi connectivity index (χ0v) is 10.6. The molecule has 0 aliphatic heterocycles. The Kier molecular flexibility index (Phi) is 2.16. The summed E-state index contributed by atoms with van der Waals surface area (Å²) in [5, 5.41) is 3.67. The van der Waals surface area contributed by atoms with Crippen molar-refractivity contribution in [1.82, 2.24) is 4.98 Å². The molecule has 1 N–H and O–H groups in total. The Morgan fingerprint density at radius 3 is 3.06 bits per heavy atom. The molecule has 1 heterocycles. The smallest absolute Gasteiger partial charge is 0.195 e. The highest BCUT2D eigenvalue weighted by Gasteiger charge is 2.47. The summed E-state index contributed by atoms with van der Waals surface area (Å²) < 4.78 is 5.63. The van der Waals surface area contributed by atoms with Gasteiger partial charge in [-0.25, -0.2) is 4.98 Å². The maximum atomic E-state index is 5.63. The van der Waals surface area contributed by atoms with Crippen LogP contribution in [-0.2, 0) is 6.42 Å². The molecule has 0 amide bonds. The molecule has 2 aliphatic rings. The third-order valence-electron chi connectivity index (χ3n) is 4.43. The first kappa shape index (κ1) is 10.4. The van der Waals surface area contributed by atoms with Crippen molar-refractivity contribution in [3.05, 3.63) is 24.1 Å². The van der Waals surface area contributed by atoms with Crippen LogP contribution in [0, 0.1) is 11.8 Å². The number of hydrogen-bond acceptors (Lipinski definition) is 3. The van der Waals surface area contributed by atoms with Crippen LogP contribution >= 0.6 is 0 Å². The van der Waals surface area contributed by atoms with E-state index in [0.717, 1.165) is 35.2 Å². The zero-order valence-electron chi connectivity index (χ0n) is 10.6. The van der Waals surface area contributed by atoms with E-state index in [2.05, 4.69) is 29.4 Å². The van der Waals surface area contributed by atoms with Crippen LogP contribution in [0.5, 0.6) is 0 Å². The maximum absolute atomic E-state index is 5.63. The van der Waals surface area contributed by atoms with Gasteiger partial charge in [0.1, 0.15) is 5.52 Å². The van der Waals surface area contributed by atoms with Crippen LogP contribution in [0.1, 0.15) is 32.1 Å². The summed E-state index contributed by atoms with van der Waals surface area (Å²) in [6.07, 6.45) is 5.02. The highest BCUT2D eigenvalue weighted by molar-refractivity contribution is 5.77. The van der Waals surface area contributed by atoms with Crippen molar-refractivity contribution in [3.8, 4) is 0 Å². The molecule has 0 radical (unpaired) electrons. The number of aryl methyl sites for hydroxylation is 1. The molecule has 1 aromatic heterocycles. The second kappa shape index (κ2) is 3.74. The monoisotopic (exact) mass is 242 g/mol. The highest BCUT2D eigenvalue weighted by atomic mass is 16.3. The topological polar surface area (TPSA) is 38.1 Å². The summed E-state index contributed by atoms with van der Waals surface area (Å²) in [4.78, 5) is 4.49. The van der Waals surface area contributed by atoms with Crippen LogP contribution in [-0.4, -0.2) is 11.0 Å². The Morgan fingerprint density at radius 1 is 1.39 bits per heavy atom. The van der Waals surface area contributed by atoms with E-state index in [1.54, 1.807) is 0 Å². The fourth-order valence-corrected chi connectivity index (χ4v) is 3.31. The maximum Gasteiger partial charge on any atom is 0.195 e. The molecule has 3 unspecified atom stereocenters. The summed E-state index contributed by atoms with van der Waals surface area (Å²) >= 11 is 0. The molecular formula is C15H18N2O. The Bertz CT molecular complexity index is 589. The normalized spacial score (nSPS) is 29.5. The third-order valence-corrected chi connectivity index (χ3v) is 4.43. The van der Waals surface area contributed by atoms with E-state index in [4.69, 9.17) is 4.42 Å². The molecular weight excluding hydrogens is 224 g/mol. The minimum atomic E-state index is 0.685. The molecule has 2 saturated carbocycles. The van der Waals surface area contributed by atoms with Gasteiger partial charge in [0, 0.05) is 18.2 Å². The average Bonchev–Trinajstić information content (AvgIpc) is 2.89. The standard InChI is InChI=1S/C15H18N2O/c1-2-15-17-13-8-10(4-6-14(13)18-15)16-12-5-3-9-7-11(9)12/h4,6,8-9,11-12,16H,2-3,5,7H2,1H3. The summed E-state index contributed by atoms with van der Waals surface area (Å²) in [5.41, 5.74) is 3.06. The minimum Gasteiger partial charge on any atom is -0.441 e. The van der Waals surface area contributed by atoms with E-state index in [9.17, 15) is 0 Å². The second-order valence-electron chi connectivity index (χ2n) is 5.63. The van der Waals surface area contributed by atoms with Crippen molar-refractivity contribution in [1.29, 1.82) is 0 Å². The van der Waals surface area contributed by atoms with Gasteiger partial charge in [-0.1, -0.05) is 6.92 Å². The molecule has 2 fully saturated rings. The van der Waals surface area contributed by atoms with Crippen LogP contribution in [0.3, 0.4) is 0 Å². The number of aromatic nitrogens is 1. The number of rotatable bonds is 3. The lowest BCUT2D eigenvalue weighted by Gasteiger charge is -2.15. The van der Waals surface area contributed by atoms with E-state index in [1.165, 1.54) is 24.9 Å². The molecule has 94 valence electrons. The van der Waals surface area contributed by atoms with E-state index in [0.29, 0.717) is 6.04 Å². The lowest BCUT2D eigenvalue weighted by Crippen LogP contribution is -2.18. The lowest BCUT2D eigenvalue weighted by molar-refractivity contribution is 0.538. The fraction of sp³-hybridized carbons (Fsp3) is 0.533. The van der Waals surface area contributed by atoms with E-state index in [1.807, 2.05) is 6.07 Å².